The van der Waals surface area contributed by atoms with Crippen molar-refractivity contribution < 1.29 is 14.3 Å². The van der Waals surface area contributed by atoms with Crippen LogP contribution in [0.4, 0.5) is 0 Å². The molecule has 0 fully saturated rings. The monoisotopic (exact) mass is 403 g/mol. The van der Waals surface area contributed by atoms with Crippen LogP contribution in [0, 0.1) is 11.8 Å². The van der Waals surface area contributed by atoms with E-state index in [2.05, 4.69) is 27.7 Å². The molecule has 0 radical (unpaired) electrons. The zero-order valence-corrected chi connectivity index (χ0v) is 18.0. The van der Waals surface area contributed by atoms with Gasteiger partial charge in [0.25, 0.3) is 5.91 Å². The molecule has 156 valence electrons. The topological polar surface area (TPSA) is 46.6 Å². The van der Waals surface area contributed by atoms with Gasteiger partial charge in [0.2, 0.25) is 0 Å². The van der Waals surface area contributed by atoms with Crippen molar-refractivity contribution in [1.82, 2.24) is 4.90 Å². The van der Waals surface area contributed by atoms with Crippen LogP contribution in [0.3, 0.4) is 0 Å². The highest BCUT2D eigenvalue weighted by atomic mass is 16.5. The molecule has 0 spiro atoms. The highest BCUT2D eigenvalue weighted by molar-refractivity contribution is 5.96. The standard InChI is InChI=1S/C26H29NO3/c1-18(2)15-24-23(19(3)4)16-22(30-26(29)21-13-9-6-10-14-21)17-27(24)25(28)20-11-7-5-8-12-20/h5-14,16-19,24H,15H2,1-4H3. The van der Waals surface area contributed by atoms with Gasteiger partial charge in [-0.2, -0.15) is 0 Å². The minimum atomic E-state index is -0.435. The highest BCUT2D eigenvalue weighted by Gasteiger charge is 2.32. The highest BCUT2D eigenvalue weighted by Crippen LogP contribution is 2.32. The number of rotatable bonds is 6. The van der Waals surface area contributed by atoms with E-state index in [-0.39, 0.29) is 17.9 Å². The number of ether oxygens (including phenoxy) is 1. The first-order valence-corrected chi connectivity index (χ1v) is 10.4. The molecule has 1 unspecified atom stereocenters. The molecule has 1 aliphatic heterocycles. The Bertz CT molecular complexity index is 943. The maximum absolute atomic E-state index is 13.4. The van der Waals surface area contributed by atoms with Crippen LogP contribution < -0.4 is 0 Å². The van der Waals surface area contributed by atoms with Crippen molar-refractivity contribution in [3.8, 4) is 0 Å². The molecule has 0 bridgehead atoms. The summed E-state index contributed by atoms with van der Waals surface area (Å²) in [5.74, 6) is 0.470. The van der Waals surface area contributed by atoms with Crippen molar-refractivity contribution >= 4 is 11.9 Å². The first-order chi connectivity index (χ1) is 14.4. The Morgan fingerprint density at radius 3 is 2.00 bits per heavy atom. The van der Waals surface area contributed by atoms with Crippen molar-refractivity contribution in [3.63, 3.8) is 0 Å². The number of hydrogen-bond acceptors (Lipinski definition) is 3. The van der Waals surface area contributed by atoms with Crippen LogP contribution in [-0.4, -0.2) is 22.8 Å². The van der Waals surface area contributed by atoms with Gasteiger partial charge in [-0.3, -0.25) is 4.79 Å². The molecule has 1 heterocycles. The molecule has 0 saturated carbocycles. The van der Waals surface area contributed by atoms with Gasteiger partial charge in [0, 0.05) is 5.56 Å². The molecule has 0 aromatic heterocycles. The van der Waals surface area contributed by atoms with E-state index in [1.165, 1.54) is 0 Å². The summed E-state index contributed by atoms with van der Waals surface area (Å²) in [5.41, 5.74) is 2.18. The van der Waals surface area contributed by atoms with Crippen LogP contribution in [0.5, 0.6) is 0 Å². The Labute approximate surface area is 178 Å². The molecule has 0 N–H and O–H groups in total. The molecule has 1 atom stereocenters. The first kappa shape index (κ1) is 21.6. The van der Waals surface area contributed by atoms with Crippen LogP contribution >= 0.6 is 0 Å². The molecule has 2 aromatic rings. The summed E-state index contributed by atoms with van der Waals surface area (Å²) in [7, 11) is 0. The summed E-state index contributed by atoms with van der Waals surface area (Å²) in [6.07, 6.45) is 4.43. The molecule has 0 saturated heterocycles. The van der Waals surface area contributed by atoms with Gasteiger partial charge < -0.3 is 9.64 Å². The minimum Gasteiger partial charge on any atom is -0.421 e. The van der Waals surface area contributed by atoms with E-state index in [0.29, 0.717) is 22.8 Å². The van der Waals surface area contributed by atoms with Crippen LogP contribution in [0.1, 0.15) is 54.8 Å². The number of amides is 1. The van der Waals surface area contributed by atoms with Crippen molar-refractivity contribution in [2.75, 3.05) is 0 Å². The maximum atomic E-state index is 13.4. The van der Waals surface area contributed by atoms with E-state index in [9.17, 15) is 9.59 Å². The fourth-order valence-corrected chi connectivity index (χ4v) is 3.66. The number of hydrogen-bond donors (Lipinski definition) is 0. The fraction of sp³-hybridized carbons (Fsp3) is 0.308. The molecule has 4 heteroatoms. The van der Waals surface area contributed by atoms with Crippen LogP contribution in [0.15, 0.2) is 84.3 Å². The van der Waals surface area contributed by atoms with Gasteiger partial charge in [-0.05, 0) is 54.2 Å². The molecular formula is C26H29NO3. The summed E-state index contributed by atoms with van der Waals surface area (Å²) < 4.78 is 5.68. The summed E-state index contributed by atoms with van der Waals surface area (Å²) >= 11 is 0. The summed E-state index contributed by atoms with van der Waals surface area (Å²) in [6.45, 7) is 8.51. The van der Waals surface area contributed by atoms with Gasteiger partial charge in [-0.15, -0.1) is 0 Å². The number of carbonyl (C=O) groups excluding carboxylic acids is 2. The molecule has 1 aliphatic rings. The third kappa shape index (κ3) is 5.07. The molecule has 3 rings (SSSR count). The Morgan fingerprint density at radius 1 is 0.900 bits per heavy atom. The lowest BCUT2D eigenvalue weighted by Crippen LogP contribution is -2.42. The van der Waals surface area contributed by atoms with Crippen LogP contribution in [0.2, 0.25) is 0 Å². The van der Waals surface area contributed by atoms with Crippen molar-refractivity contribution in [2.24, 2.45) is 11.8 Å². The zero-order valence-electron chi connectivity index (χ0n) is 18.0. The van der Waals surface area contributed by atoms with E-state index >= 15 is 0 Å². The predicted molar refractivity (Wildman–Crippen MR) is 119 cm³/mol. The number of nitrogens with zero attached hydrogens (tertiary/aromatic N) is 1. The Morgan fingerprint density at radius 2 is 1.47 bits per heavy atom. The van der Waals surface area contributed by atoms with Crippen LogP contribution in [0.25, 0.3) is 0 Å². The molecule has 30 heavy (non-hydrogen) atoms. The molecule has 0 aliphatic carbocycles. The van der Waals surface area contributed by atoms with Crippen molar-refractivity contribution in [1.29, 1.82) is 0 Å². The summed E-state index contributed by atoms with van der Waals surface area (Å²) in [6, 6.07) is 18.0. The number of allylic oxidation sites excluding steroid dienone is 1. The van der Waals surface area contributed by atoms with Gasteiger partial charge >= 0.3 is 5.97 Å². The lowest BCUT2D eigenvalue weighted by molar-refractivity contribution is 0.0604. The molecule has 4 nitrogen and oxygen atoms in total. The molecule has 2 aromatic carbocycles. The average molecular weight is 404 g/mol. The third-order valence-electron chi connectivity index (χ3n) is 5.13. The third-order valence-corrected chi connectivity index (χ3v) is 5.13. The van der Waals surface area contributed by atoms with Gasteiger partial charge in [0.15, 0.2) is 0 Å². The number of esters is 1. The summed E-state index contributed by atoms with van der Waals surface area (Å²) in [4.78, 5) is 27.7. The number of carbonyl (C=O) groups is 2. The second-order valence-corrected chi connectivity index (χ2v) is 8.31. The minimum absolute atomic E-state index is 0.0723. The SMILES string of the molecule is CC(C)CC1C(C(C)C)=CC(OC(=O)c2ccccc2)=CN1C(=O)c1ccccc1. The normalized spacial score (nSPS) is 16.3. The second-order valence-electron chi connectivity index (χ2n) is 8.31. The van der Waals surface area contributed by atoms with Crippen molar-refractivity contribution in [3.05, 3.63) is 95.4 Å². The van der Waals surface area contributed by atoms with E-state index < -0.39 is 5.97 Å². The smallest absolute Gasteiger partial charge is 0.343 e. The van der Waals surface area contributed by atoms with E-state index in [0.717, 1.165) is 12.0 Å². The quantitative estimate of drug-likeness (QED) is 0.570. The van der Waals surface area contributed by atoms with Gasteiger partial charge in [0.05, 0.1) is 17.8 Å². The Hall–Kier alpha value is -3.14. The largest absolute Gasteiger partial charge is 0.421 e. The lowest BCUT2D eigenvalue weighted by atomic mass is 9.86. The Kier molecular flexibility index (Phi) is 6.88. The first-order valence-electron chi connectivity index (χ1n) is 10.4. The van der Waals surface area contributed by atoms with Gasteiger partial charge in [-0.25, -0.2) is 4.79 Å². The Balaban J connectivity index is 1.97. The average Bonchev–Trinajstić information content (AvgIpc) is 2.74. The summed E-state index contributed by atoms with van der Waals surface area (Å²) in [5, 5.41) is 0. The van der Waals surface area contributed by atoms with Gasteiger partial charge in [-0.1, -0.05) is 64.1 Å². The zero-order chi connectivity index (χ0) is 21.7. The van der Waals surface area contributed by atoms with Crippen molar-refractivity contribution in [2.45, 2.75) is 40.2 Å². The van der Waals surface area contributed by atoms with Crippen LogP contribution in [-0.2, 0) is 4.74 Å². The second kappa shape index (κ2) is 9.57. The fourth-order valence-electron chi connectivity index (χ4n) is 3.66. The van der Waals surface area contributed by atoms with E-state index in [1.807, 2.05) is 42.5 Å². The van der Waals surface area contributed by atoms with E-state index in [4.69, 9.17) is 4.74 Å². The predicted octanol–water partition coefficient (Wildman–Crippen LogP) is 5.84. The lowest BCUT2D eigenvalue weighted by Gasteiger charge is -2.37. The molecule has 1 amide bonds. The van der Waals surface area contributed by atoms with Gasteiger partial charge in [0.1, 0.15) is 5.76 Å². The maximum Gasteiger partial charge on any atom is 0.343 e. The van der Waals surface area contributed by atoms with E-state index in [1.54, 1.807) is 35.4 Å². The number of benzene rings is 2. The molecular weight excluding hydrogens is 374 g/mol.